The topological polar surface area (TPSA) is 60.2 Å². The van der Waals surface area contributed by atoms with E-state index in [2.05, 4.69) is 29.3 Å². The van der Waals surface area contributed by atoms with Crippen molar-refractivity contribution in [1.82, 2.24) is 15.5 Å². The van der Waals surface area contributed by atoms with E-state index in [0.717, 1.165) is 13.0 Å². The summed E-state index contributed by atoms with van der Waals surface area (Å²) in [6, 6.07) is 0.207. The molecule has 1 aromatic heterocycles. The van der Waals surface area contributed by atoms with Crippen LogP contribution in [-0.2, 0) is 4.74 Å². The molecule has 18 heavy (non-hydrogen) atoms. The van der Waals surface area contributed by atoms with E-state index in [1.165, 1.54) is 19.3 Å². The van der Waals surface area contributed by atoms with Crippen molar-refractivity contribution in [3.8, 4) is 0 Å². The van der Waals surface area contributed by atoms with Gasteiger partial charge in [0.2, 0.25) is 11.7 Å². The van der Waals surface area contributed by atoms with Crippen LogP contribution in [0.5, 0.6) is 0 Å². The summed E-state index contributed by atoms with van der Waals surface area (Å²) >= 11 is 0. The second kappa shape index (κ2) is 6.29. The van der Waals surface area contributed by atoms with Crippen molar-refractivity contribution in [2.45, 2.75) is 51.7 Å². The van der Waals surface area contributed by atoms with Crippen LogP contribution in [0.4, 0.5) is 0 Å². The van der Waals surface area contributed by atoms with Gasteiger partial charge in [-0.1, -0.05) is 31.8 Å². The fourth-order valence-electron chi connectivity index (χ4n) is 2.42. The Morgan fingerprint density at radius 2 is 2.17 bits per heavy atom. The molecule has 1 saturated heterocycles. The van der Waals surface area contributed by atoms with Crippen molar-refractivity contribution in [3.63, 3.8) is 0 Å². The van der Waals surface area contributed by atoms with E-state index in [0.29, 0.717) is 17.6 Å². The van der Waals surface area contributed by atoms with Crippen LogP contribution in [0.1, 0.15) is 63.4 Å². The Kier molecular flexibility index (Phi) is 4.72. The monoisotopic (exact) mass is 253 g/mol. The minimum absolute atomic E-state index is 0.0896. The third-order valence-electron chi connectivity index (χ3n) is 3.43. The second-order valence-electron chi connectivity index (χ2n) is 5.25. The molecule has 2 heterocycles. The Balaban J connectivity index is 2.08. The molecular weight excluding hydrogens is 230 g/mol. The van der Waals surface area contributed by atoms with Gasteiger partial charge in [-0.2, -0.15) is 4.98 Å². The Bertz CT molecular complexity index is 357. The summed E-state index contributed by atoms with van der Waals surface area (Å²) in [4.78, 5) is 4.50. The number of nitrogens with one attached hydrogen (secondary N) is 1. The lowest BCUT2D eigenvalue weighted by Crippen LogP contribution is -2.20. The van der Waals surface area contributed by atoms with Crippen LogP contribution < -0.4 is 5.32 Å². The van der Waals surface area contributed by atoms with Crippen LogP contribution >= 0.6 is 0 Å². The Morgan fingerprint density at radius 3 is 2.89 bits per heavy atom. The zero-order valence-electron chi connectivity index (χ0n) is 11.5. The predicted octanol–water partition coefficient (Wildman–Crippen LogP) is 2.62. The third kappa shape index (κ3) is 3.09. The van der Waals surface area contributed by atoms with Crippen LogP contribution in [0.25, 0.3) is 0 Å². The molecule has 5 nitrogen and oxygen atoms in total. The summed E-state index contributed by atoms with van der Waals surface area (Å²) in [7, 11) is 1.69. The number of hydrogen-bond donors (Lipinski definition) is 1. The molecule has 0 radical (unpaired) electrons. The van der Waals surface area contributed by atoms with E-state index in [-0.39, 0.29) is 12.1 Å². The average molecular weight is 253 g/mol. The molecular formula is C13H23N3O2. The van der Waals surface area contributed by atoms with E-state index in [1.54, 1.807) is 7.11 Å². The van der Waals surface area contributed by atoms with E-state index >= 15 is 0 Å². The van der Waals surface area contributed by atoms with Gasteiger partial charge in [0, 0.05) is 7.11 Å². The fraction of sp³-hybridized carbons (Fsp3) is 0.846. The highest BCUT2D eigenvalue weighted by atomic mass is 16.5. The maximum Gasteiger partial charge on any atom is 0.243 e. The van der Waals surface area contributed by atoms with Gasteiger partial charge in [-0.05, 0) is 25.3 Å². The lowest BCUT2D eigenvalue weighted by molar-refractivity contribution is 0.0555. The lowest BCUT2D eigenvalue weighted by atomic mass is 10.1. The molecule has 0 bridgehead atoms. The van der Waals surface area contributed by atoms with Crippen molar-refractivity contribution in [2.24, 2.45) is 5.92 Å². The molecule has 5 heteroatoms. The molecule has 0 aromatic carbocycles. The van der Waals surface area contributed by atoms with Crippen LogP contribution in [0, 0.1) is 5.92 Å². The van der Waals surface area contributed by atoms with Gasteiger partial charge in [0.15, 0.2) is 0 Å². The molecule has 0 spiro atoms. The number of methoxy groups -OCH3 is 1. The van der Waals surface area contributed by atoms with E-state index in [1.807, 2.05) is 0 Å². The third-order valence-corrected chi connectivity index (χ3v) is 3.43. The first kappa shape index (κ1) is 13.5. The number of ether oxygens (including phenoxy) is 1. The van der Waals surface area contributed by atoms with Crippen molar-refractivity contribution >= 4 is 0 Å². The van der Waals surface area contributed by atoms with Gasteiger partial charge in [0.1, 0.15) is 6.10 Å². The Labute approximate surface area is 108 Å². The predicted molar refractivity (Wildman–Crippen MR) is 68.1 cm³/mol. The summed E-state index contributed by atoms with van der Waals surface area (Å²) in [5, 5.41) is 7.52. The average Bonchev–Trinajstić information content (AvgIpc) is 2.65. The Morgan fingerprint density at radius 1 is 1.33 bits per heavy atom. The fourth-order valence-corrected chi connectivity index (χ4v) is 2.42. The smallest absolute Gasteiger partial charge is 0.243 e. The number of nitrogens with zero attached hydrogens (tertiary/aromatic N) is 2. The summed E-state index contributed by atoms with van der Waals surface area (Å²) in [6.07, 6.45) is 4.70. The first-order valence-corrected chi connectivity index (χ1v) is 6.82. The summed E-state index contributed by atoms with van der Waals surface area (Å²) in [6.45, 7) is 5.21. The molecule has 2 rings (SSSR count). The number of rotatable bonds is 4. The minimum atomic E-state index is -0.0896. The first-order chi connectivity index (χ1) is 8.72. The second-order valence-corrected chi connectivity index (χ2v) is 5.25. The van der Waals surface area contributed by atoms with Crippen LogP contribution in [0.15, 0.2) is 4.52 Å². The highest BCUT2D eigenvalue weighted by Crippen LogP contribution is 2.26. The quantitative estimate of drug-likeness (QED) is 0.893. The zero-order chi connectivity index (χ0) is 13.0. The largest absolute Gasteiger partial charge is 0.373 e. The van der Waals surface area contributed by atoms with Gasteiger partial charge in [0.25, 0.3) is 0 Å². The molecule has 1 aliphatic heterocycles. The van der Waals surface area contributed by atoms with Crippen molar-refractivity contribution in [3.05, 3.63) is 11.7 Å². The maximum absolute atomic E-state index is 5.42. The zero-order valence-corrected chi connectivity index (χ0v) is 11.5. The number of hydrogen-bond acceptors (Lipinski definition) is 5. The molecule has 0 aliphatic carbocycles. The normalized spacial score (nSPS) is 23.0. The van der Waals surface area contributed by atoms with Gasteiger partial charge < -0.3 is 14.6 Å². The molecule has 0 amide bonds. The van der Waals surface area contributed by atoms with Crippen LogP contribution in [0.3, 0.4) is 0 Å². The summed E-state index contributed by atoms with van der Waals surface area (Å²) < 4.78 is 10.8. The van der Waals surface area contributed by atoms with Gasteiger partial charge in [0.05, 0.1) is 6.04 Å². The molecule has 102 valence electrons. The van der Waals surface area contributed by atoms with E-state index < -0.39 is 0 Å². The van der Waals surface area contributed by atoms with Gasteiger partial charge in [-0.3, -0.25) is 0 Å². The van der Waals surface area contributed by atoms with Crippen molar-refractivity contribution < 1.29 is 9.26 Å². The SMILES string of the molecule is COC(c1noc(C2CCCCCN2)n1)C(C)C. The summed E-state index contributed by atoms with van der Waals surface area (Å²) in [5.41, 5.74) is 0. The first-order valence-electron chi connectivity index (χ1n) is 6.82. The van der Waals surface area contributed by atoms with E-state index in [4.69, 9.17) is 9.26 Å². The number of aromatic nitrogens is 2. The van der Waals surface area contributed by atoms with Gasteiger partial charge in [-0.25, -0.2) is 0 Å². The van der Waals surface area contributed by atoms with E-state index in [9.17, 15) is 0 Å². The van der Waals surface area contributed by atoms with Crippen molar-refractivity contribution in [1.29, 1.82) is 0 Å². The molecule has 0 saturated carbocycles. The Hall–Kier alpha value is -0.940. The highest BCUT2D eigenvalue weighted by Gasteiger charge is 2.25. The molecule has 1 fully saturated rings. The standard InChI is InChI=1S/C13H23N3O2/c1-9(2)11(17-3)12-15-13(18-16-12)10-7-5-4-6-8-14-10/h9-11,14H,4-8H2,1-3H3. The molecule has 2 atom stereocenters. The molecule has 1 N–H and O–H groups in total. The van der Waals surface area contributed by atoms with Crippen LogP contribution in [-0.4, -0.2) is 23.8 Å². The highest BCUT2D eigenvalue weighted by molar-refractivity contribution is 4.97. The molecule has 1 aliphatic rings. The molecule has 2 unspecified atom stereocenters. The summed E-state index contributed by atoms with van der Waals surface area (Å²) in [5.74, 6) is 1.70. The minimum Gasteiger partial charge on any atom is -0.373 e. The van der Waals surface area contributed by atoms with Crippen LogP contribution in [0.2, 0.25) is 0 Å². The lowest BCUT2D eigenvalue weighted by Gasteiger charge is -2.14. The van der Waals surface area contributed by atoms with Gasteiger partial charge >= 0.3 is 0 Å². The van der Waals surface area contributed by atoms with Gasteiger partial charge in [-0.15, -0.1) is 0 Å². The maximum atomic E-state index is 5.42. The molecule has 1 aromatic rings. The van der Waals surface area contributed by atoms with Crippen molar-refractivity contribution in [2.75, 3.05) is 13.7 Å².